The number of rotatable bonds is 7. The lowest BCUT2D eigenvalue weighted by Gasteiger charge is -2.23. The Bertz CT molecular complexity index is 423. The molecule has 0 aliphatic heterocycles. The van der Waals surface area contributed by atoms with Crippen LogP contribution >= 0.6 is 12.2 Å². The van der Waals surface area contributed by atoms with Crippen LogP contribution in [0.3, 0.4) is 0 Å². The van der Waals surface area contributed by atoms with E-state index >= 15 is 0 Å². The molecule has 104 valence electrons. The Morgan fingerprint density at radius 1 is 1.42 bits per heavy atom. The second kappa shape index (κ2) is 7.86. The van der Waals surface area contributed by atoms with Crippen molar-refractivity contribution in [3.8, 4) is 0 Å². The summed E-state index contributed by atoms with van der Waals surface area (Å²) in [4.78, 5) is 14.2. The highest BCUT2D eigenvalue weighted by Gasteiger charge is 2.26. The zero-order valence-electron chi connectivity index (χ0n) is 11.3. The van der Waals surface area contributed by atoms with Crippen LogP contribution < -0.4 is 5.73 Å². The summed E-state index contributed by atoms with van der Waals surface area (Å²) in [5.41, 5.74) is 6.54. The molecule has 0 bridgehead atoms. The van der Waals surface area contributed by atoms with Gasteiger partial charge >= 0.3 is 0 Å². The van der Waals surface area contributed by atoms with E-state index in [1.807, 2.05) is 37.3 Å². The molecule has 0 aromatic heterocycles. The smallest absolute Gasteiger partial charge is 0.236 e. The lowest BCUT2D eigenvalue weighted by atomic mass is 9.98. The van der Waals surface area contributed by atoms with Crippen molar-refractivity contribution in [2.45, 2.75) is 12.8 Å². The fraction of sp³-hybridized carbons (Fsp3) is 0.429. The first-order valence-electron chi connectivity index (χ1n) is 6.25. The molecular weight excluding hydrogens is 260 g/mol. The topological polar surface area (TPSA) is 55.6 Å². The van der Waals surface area contributed by atoms with Crippen LogP contribution in [0.2, 0.25) is 0 Å². The number of hydrogen-bond acceptors (Lipinski definition) is 3. The van der Waals surface area contributed by atoms with Crippen molar-refractivity contribution in [2.24, 2.45) is 5.73 Å². The average Bonchev–Trinajstić information content (AvgIpc) is 2.39. The van der Waals surface area contributed by atoms with E-state index in [-0.39, 0.29) is 10.9 Å². The second-order valence-corrected chi connectivity index (χ2v) is 4.67. The minimum atomic E-state index is -0.567. The van der Waals surface area contributed by atoms with E-state index < -0.39 is 5.92 Å². The van der Waals surface area contributed by atoms with Gasteiger partial charge in [-0.3, -0.25) is 4.79 Å². The van der Waals surface area contributed by atoms with Crippen molar-refractivity contribution in [1.29, 1.82) is 0 Å². The van der Waals surface area contributed by atoms with Gasteiger partial charge in [0.1, 0.15) is 5.92 Å². The third-order valence-corrected chi connectivity index (χ3v) is 3.05. The molecule has 0 saturated carbocycles. The van der Waals surface area contributed by atoms with Gasteiger partial charge < -0.3 is 15.4 Å². The zero-order valence-corrected chi connectivity index (χ0v) is 12.2. The van der Waals surface area contributed by atoms with Gasteiger partial charge in [0.25, 0.3) is 0 Å². The van der Waals surface area contributed by atoms with E-state index in [2.05, 4.69) is 0 Å². The molecule has 5 heteroatoms. The molecule has 19 heavy (non-hydrogen) atoms. The van der Waals surface area contributed by atoms with E-state index in [4.69, 9.17) is 22.7 Å². The van der Waals surface area contributed by atoms with Crippen molar-refractivity contribution in [1.82, 2.24) is 4.90 Å². The van der Waals surface area contributed by atoms with Gasteiger partial charge in [-0.05, 0) is 12.5 Å². The highest BCUT2D eigenvalue weighted by atomic mass is 32.1. The third kappa shape index (κ3) is 4.61. The Labute approximate surface area is 119 Å². The first-order valence-corrected chi connectivity index (χ1v) is 6.65. The predicted octanol–water partition coefficient (Wildman–Crippen LogP) is 1.55. The summed E-state index contributed by atoms with van der Waals surface area (Å²) in [6.45, 7) is 3.60. The van der Waals surface area contributed by atoms with Crippen LogP contribution in [0.15, 0.2) is 30.3 Å². The summed E-state index contributed by atoms with van der Waals surface area (Å²) >= 11 is 5.03. The summed E-state index contributed by atoms with van der Waals surface area (Å²) in [7, 11) is 1.73. The molecule has 0 saturated heterocycles. The Morgan fingerprint density at radius 2 is 2.05 bits per heavy atom. The van der Waals surface area contributed by atoms with Crippen molar-refractivity contribution in [2.75, 3.05) is 26.8 Å². The Kier molecular flexibility index (Phi) is 6.45. The largest absolute Gasteiger partial charge is 0.392 e. The number of benzene rings is 1. The molecular formula is C14H20N2O2S. The molecule has 0 aliphatic carbocycles. The lowest BCUT2D eigenvalue weighted by Crippen LogP contribution is -2.39. The van der Waals surface area contributed by atoms with Crippen molar-refractivity contribution >= 4 is 23.1 Å². The van der Waals surface area contributed by atoms with Crippen LogP contribution in [0.4, 0.5) is 0 Å². The third-order valence-electron chi connectivity index (χ3n) is 2.82. The number of carbonyl (C=O) groups is 1. The van der Waals surface area contributed by atoms with E-state index in [9.17, 15) is 4.79 Å². The van der Waals surface area contributed by atoms with Crippen LogP contribution in [-0.4, -0.2) is 42.6 Å². The Balaban J connectivity index is 2.77. The normalized spacial score (nSPS) is 11.9. The van der Waals surface area contributed by atoms with Gasteiger partial charge in [-0.15, -0.1) is 0 Å². The van der Waals surface area contributed by atoms with Crippen LogP contribution in [0.1, 0.15) is 18.4 Å². The van der Waals surface area contributed by atoms with Gasteiger partial charge in [-0.1, -0.05) is 42.5 Å². The molecule has 0 fully saturated rings. The standard InChI is InChI=1S/C14H20N2O2S/c1-3-18-10-9-16(2)14(17)12(13(15)19)11-7-5-4-6-8-11/h4-8,12H,3,9-10H2,1-2H3,(H2,15,19). The number of amides is 1. The van der Waals surface area contributed by atoms with Gasteiger partial charge in [0.2, 0.25) is 5.91 Å². The number of likely N-dealkylation sites (N-methyl/N-ethyl adjacent to an activating group) is 1. The molecule has 0 radical (unpaired) electrons. The van der Waals surface area contributed by atoms with Crippen LogP contribution in [-0.2, 0) is 9.53 Å². The van der Waals surface area contributed by atoms with Gasteiger partial charge in [-0.2, -0.15) is 0 Å². The molecule has 1 rings (SSSR count). The fourth-order valence-corrected chi connectivity index (χ4v) is 1.99. The zero-order chi connectivity index (χ0) is 14.3. The molecule has 1 unspecified atom stereocenters. The van der Waals surface area contributed by atoms with Crippen molar-refractivity contribution in [3.05, 3.63) is 35.9 Å². The minimum Gasteiger partial charge on any atom is -0.392 e. The fourth-order valence-electron chi connectivity index (χ4n) is 1.75. The van der Waals surface area contributed by atoms with E-state index in [0.29, 0.717) is 19.8 Å². The predicted molar refractivity (Wildman–Crippen MR) is 80.1 cm³/mol. The Morgan fingerprint density at radius 3 is 2.58 bits per heavy atom. The first kappa shape index (κ1) is 15.6. The van der Waals surface area contributed by atoms with E-state index in [1.54, 1.807) is 11.9 Å². The number of nitrogens with two attached hydrogens (primary N) is 1. The molecule has 4 nitrogen and oxygen atoms in total. The molecule has 1 aromatic carbocycles. The number of carbonyl (C=O) groups excluding carboxylic acids is 1. The molecule has 2 N–H and O–H groups in total. The summed E-state index contributed by atoms with van der Waals surface area (Å²) in [5.74, 6) is -0.666. The van der Waals surface area contributed by atoms with Gasteiger partial charge in [0, 0.05) is 20.2 Å². The molecule has 0 spiro atoms. The Hall–Kier alpha value is -1.46. The summed E-state index contributed by atoms with van der Waals surface area (Å²) in [6.07, 6.45) is 0. The van der Waals surface area contributed by atoms with Crippen LogP contribution in [0, 0.1) is 0 Å². The highest BCUT2D eigenvalue weighted by Crippen LogP contribution is 2.18. The summed E-state index contributed by atoms with van der Waals surface area (Å²) in [5, 5.41) is 0. The average molecular weight is 280 g/mol. The number of hydrogen-bond donors (Lipinski definition) is 1. The number of thiocarbonyl (C=S) groups is 1. The quantitative estimate of drug-likeness (QED) is 0.608. The minimum absolute atomic E-state index is 0.0987. The molecule has 1 aromatic rings. The SMILES string of the molecule is CCOCCN(C)C(=O)C(C(N)=S)c1ccccc1. The summed E-state index contributed by atoms with van der Waals surface area (Å²) in [6, 6.07) is 9.35. The number of ether oxygens (including phenoxy) is 1. The van der Waals surface area contributed by atoms with Crippen LogP contribution in [0.5, 0.6) is 0 Å². The maximum atomic E-state index is 12.4. The molecule has 1 amide bonds. The van der Waals surface area contributed by atoms with Gasteiger partial charge in [0.15, 0.2) is 0 Å². The maximum Gasteiger partial charge on any atom is 0.236 e. The van der Waals surface area contributed by atoms with Gasteiger partial charge in [0.05, 0.1) is 11.6 Å². The molecule has 1 atom stereocenters. The van der Waals surface area contributed by atoms with Gasteiger partial charge in [-0.25, -0.2) is 0 Å². The lowest BCUT2D eigenvalue weighted by molar-refractivity contribution is -0.130. The van der Waals surface area contributed by atoms with Crippen molar-refractivity contribution < 1.29 is 9.53 Å². The number of nitrogens with zero attached hydrogens (tertiary/aromatic N) is 1. The second-order valence-electron chi connectivity index (χ2n) is 4.20. The van der Waals surface area contributed by atoms with Crippen LogP contribution in [0.25, 0.3) is 0 Å². The molecule has 0 heterocycles. The summed E-state index contributed by atoms with van der Waals surface area (Å²) < 4.78 is 5.24. The van der Waals surface area contributed by atoms with Crippen molar-refractivity contribution in [3.63, 3.8) is 0 Å². The van der Waals surface area contributed by atoms with E-state index in [0.717, 1.165) is 5.56 Å². The first-order chi connectivity index (χ1) is 9.07. The molecule has 0 aliphatic rings. The monoisotopic (exact) mass is 280 g/mol. The highest BCUT2D eigenvalue weighted by molar-refractivity contribution is 7.80. The van der Waals surface area contributed by atoms with E-state index in [1.165, 1.54) is 0 Å². The maximum absolute atomic E-state index is 12.4.